The van der Waals surface area contributed by atoms with Crippen LogP contribution in [0, 0.1) is 0 Å². The van der Waals surface area contributed by atoms with Crippen LogP contribution in [0.3, 0.4) is 0 Å². The van der Waals surface area contributed by atoms with Crippen molar-refractivity contribution in [1.29, 1.82) is 0 Å². The van der Waals surface area contributed by atoms with Crippen LogP contribution in [-0.4, -0.2) is 14.1 Å². The van der Waals surface area contributed by atoms with Gasteiger partial charge in [0, 0.05) is 38.5 Å². The van der Waals surface area contributed by atoms with Crippen LogP contribution in [0.1, 0.15) is 0 Å². The van der Waals surface area contributed by atoms with Gasteiger partial charge in [-0.3, -0.25) is 4.57 Å². The van der Waals surface area contributed by atoms with Gasteiger partial charge < -0.3 is 4.57 Å². The quantitative estimate of drug-likeness (QED) is 0.266. The lowest BCUT2D eigenvalue weighted by Crippen LogP contribution is -1.96. The summed E-state index contributed by atoms with van der Waals surface area (Å²) in [6.07, 6.45) is 1.83. The summed E-state index contributed by atoms with van der Waals surface area (Å²) in [6, 6.07) is 35.8. The first-order chi connectivity index (χ1) is 16.3. The maximum Gasteiger partial charge on any atom is 0.137 e. The van der Waals surface area contributed by atoms with E-state index in [4.69, 9.17) is 11.6 Å². The van der Waals surface area contributed by atoms with E-state index >= 15 is 0 Å². The topological polar surface area (TPSA) is 22.8 Å². The van der Waals surface area contributed by atoms with E-state index < -0.39 is 0 Å². The molecule has 3 aromatic heterocycles. The second kappa shape index (κ2) is 6.96. The molecule has 3 nitrogen and oxygen atoms in total. The highest BCUT2D eigenvalue weighted by atomic mass is 35.5. The van der Waals surface area contributed by atoms with Gasteiger partial charge in [0.25, 0.3) is 0 Å². The van der Waals surface area contributed by atoms with Crippen LogP contribution in [0.15, 0.2) is 109 Å². The fourth-order valence-electron chi connectivity index (χ4n) is 5.13. The highest BCUT2D eigenvalue weighted by molar-refractivity contribution is 6.33. The number of benzene rings is 4. The maximum absolute atomic E-state index is 6.47. The Labute approximate surface area is 195 Å². The number of aromatic nitrogens is 3. The first kappa shape index (κ1) is 18.5. The number of pyridine rings is 1. The summed E-state index contributed by atoms with van der Waals surface area (Å²) in [4.78, 5) is 4.66. The van der Waals surface area contributed by atoms with Crippen molar-refractivity contribution in [1.82, 2.24) is 14.1 Å². The minimum Gasteiger partial charge on any atom is -0.309 e. The van der Waals surface area contributed by atoms with Crippen molar-refractivity contribution in [2.45, 2.75) is 0 Å². The molecule has 7 rings (SSSR count). The lowest BCUT2D eigenvalue weighted by Gasteiger charge is -2.08. The van der Waals surface area contributed by atoms with E-state index in [1.165, 1.54) is 32.6 Å². The lowest BCUT2D eigenvalue weighted by molar-refractivity contribution is 1.08. The van der Waals surface area contributed by atoms with Crippen molar-refractivity contribution < 1.29 is 0 Å². The van der Waals surface area contributed by atoms with Gasteiger partial charge in [-0.05, 0) is 54.6 Å². The molecule has 3 heterocycles. The minimum absolute atomic E-state index is 0.713. The van der Waals surface area contributed by atoms with Crippen LogP contribution in [0.4, 0.5) is 0 Å². The van der Waals surface area contributed by atoms with Crippen LogP contribution in [0.5, 0.6) is 0 Å². The summed E-state index contributed by atoms with van der Waals surface area (Å²) in [6.45, 7) is 0. The summed E-state index contributed by atoms with van der Waals surface area (Å²) < 4.78 is 4.56. The number of nitrogens with zero attached hydrogens (tertiary/aromatic N) is 3. The Hall–Kier alpha value is -4.08. The van der Waals surface area contributed by atoms with Gasteiger partial charge in [0.05, 0.1) is 22.1 Å². The first-order valence-electron chi connectivity index (χ1n) is 10.9. The molecule has 4 heteroatoms. The van der Waals surface area contributed by atoms with E-state index in [0.717, 1.165) is 22.5 Å². The van der Waals surface area contributed by atoms with Crippen LogP contribution in [0.2, 0.25) is 5.02 Å². The van der Waals surface area contributed by atoms with Gasteiger partial charge in [-0.2, -0.15) is 0 Å². The van der Waals surface area contributed by atoms with Gasteiger partial charge in [0.1, 0.15) is 5.82 Å². The van der Waals surface area contributed by atoms with Crippen molar-refractivity contribution >= 4 is 55.2 Å². The lowest BCUT2D eigenvalue weighted by atomic mass is 10.1. The Balaban J connectivity index is 1.74. The molecule has 4 aromatic carbocycles. The Morgan fingerprint density at radius 1 is 0.545 bits per heavy atom. The molecular weight excluding hydrogens is 426 g/mol. The number of hydrogen-bond acceptors (Lipinski definition) is 1. The molecule has 0 aliphatic heterocycles. The molecule has 0 radical (unpaired) electrons. The third-order valence-corrected chi connectivity index (χ3v) is 6.66. The number of rotatable bonds is 2. The van der Waals surface area contributed by atoms with Gasteiger partial charge in [0.2, 0.25) is 0 Å². The summed E-state index contributed by atoms with van der Waals surface area (Å²) in [7, 11) is 0. The molecular formula is C29H18ClN3. The second-order valence-corrected chi connectivity index (χ2v) is 8.66. The van der Waals surface area contributed by atoms with E-state index in [9.17, 15) is 0 Å². The highest BCUT2D eigenvalue weighted by Gasteiger charge is 2.20. The fraction of sp³-hybridized carbons (Fsp3) is 0. The average molecular weight is 444 g/mol. The van der Waals surface area contributed by atoms with Gasteiger partial charge in [-0.15, -0.1) is 0 Å². The standard InChI is InChI=1S/C29H18ClN3/c30-19-13-14-22-26(18-19)33(27-12-6-7-17-31-27)25-16-15-24-28(29(22)25)21-10-4-5-11-23(21)32(24)20-8-2-1-3-9-20/h1-18H. The first-order valence-corrected chi connectivity index (χ1v) is 11.3. The van der Waals surface area contributed by atoms with Crippen LogP contribution < -0.4 is 0 Å². The number of para-hydroxylation sites is 2. The molecule has 7 aromatic rings. The predicted octanol–water partition coefficient (Wildman–Crippen LogP) is 7.93. The van der Waals surface area contributed by atoms with Gasteiger partial charge in [-0.1, -0.05) is 60.1 Å². The zero-order chi connectivity index (χ0) is 21.9. The SMILES string of the molecule is Clc1ccc2c3c4c5ccccc5n(-c5ccccc5)c4ccc3n(-c3ccccn3)c2c1. The van der Waals surface area contributed by atoms with E-state index in [0.29, 0.717) is 5.02 Å². The molecule has 0 bridgehead atoms. The predicted molar refractivity (Wildman–Crippen MR) is 138 cm³/mol. The zero-order valence-corrected chi connectivity index (χ0v) is 18.4. The Bertz CT molecular complexity index is 1810. The van der Waals surface area contributed by atoms with Crippen LogP contribution in [0.25, 0.3) is 55.1 Å². The fourth-order valence-corrected chi connectivity index (χ4v) is 5.29. The van der Waals surface area contributed by atoms with E-state index in [2.05, 4.69) is 86.9 Å². The average Bonchev–Trinajstić information content (AvgIpc) is 3.37. The molecule has 0 aliphatic carbocycles. The summed E-state index contributed by atoms with van der Waals surface area (Å²) >= 11 is 6.47. The monoisotopic (exact) mass is 443 g/mol. The van der Waals surface area contributed by atoms with Gasteiger partial charge in [-0.25, -0.2) is 4.98 Å². The maximum atomic E-state index is 6.47. The van der Waals surface area contributed by atoms with Crippen molar-refractivity contribution in [2.24, 2.45) is 0 Å². The Kier molecular flexibility index (Phi) is 3.90. The van der Waals surface area contributed by atoms with E-state index in [-0.39, 0.29) is 0 Å². The zero-order valence-electron chi connectivity index (χ0n) is 17.6. The van der Waals surface area contributed by atoms with Gasteiger partial charge in [0.15, 0.2) is 0 Å². The summed E-state index contributed by atoms with van der Waals surface area (Å²) in [5.74, 6) is 0.880. The molecule has 0 saturated heterocycles. The smallest absolute Gasteiger partial charge is 0.137 e. The summed E-state index contributed by atoms with van der Waals surface area (Å²) in [5, 5.41) is 5.58. The van der Waals surface area contributed by atoms with E-state index in [1.807, 2.05) is 36.5 Å². The molecule has 0 unspecified atom stereocenters. The van der Waals surface area contributed by atoms with Crippen molar-refractivity contribution in [3.63, 3.8) is 0 Å². The molecule has 0 saturated carbocycles. The molecule has 0 amide bonds. The molecule has 0 N–H and O–H groups in total. The Morgan fingerprint density at radius 3 is 2.03 bits per heavy atom. The number of halogens is 1. The van der Waals surface area contributed by atoms with E-state index in [1.54, 1.807) is 0 Å². The van der Waals surface area contributed by atoms with Crippen molar-refractivity contribution in [2.75, 3.05) is 0 Å². The van der Waals surface area contributed by atoms with Crippen LogP contribution in [-0.2, 0) is 0 Å². The molecule has 0 fully saturated rings. The largest absolute Gasteiger partial charge is 0.309 e. The van der Waals surface area contributed by atoms with Crippen molar-refractivity contribution in [3.05, 3.63) is 114 Å². The second-order valence-electron chi connectivity index (χ2n) is 8.23. The van der Waals surface area contributed by atoms with Gasteiger partial charge >= 0.3 is 0 Å². The third kappa shape index (κ3) is 2.60. The molecule has 0 spiro atoms. The van der Waals surface area contributed by atoms with Crippen molar-refractivity contribution in [3.8, 4) is 11.5 Å². The molecule has 0 atom stereocenters. The third-order valence-electron chi connectivity index (χ3n) is 6.42. The minimum atomic E-state index is 0.713. The molecule has 33 heavy (non-hydrogen) atoms. The van der Waals surface area contributed by atoms with Crippen LogP contribution >= 0.6 is 11.6 Å². The normalized spacial score (nSPS) is 11.8. The number of fused-ring (bicyclic) bond motifs is 7. The number of hydrogen-bond donors (Lipinski definition) is 0. The Morgan fingerprint density at radius 2 is 1.24 bits per heavy atom. The molecule has 156 valence electrons. The molecule has 0 aliphatic rings. The summed E-state index contributed by atoms with van der Waals surface area (Å²) in [5.41, 5.74) is 5.71. The highest BCUT2D eigenvalue weighted by Crippen LogP contribution is 2.42.